The SMILES string of the molecule is NS(=O)(=O)c1cn(Cc2ccc(Cl)c(Cl)c2)nc1[N+](=O)[O-]. The predicted octanol–water partition coefficient (Wildman–Crippen LogP) is 1.79. The zero-order valence-electron chi connectivity index (χ0n) is 10.2. The molecule has 0 amide bonds. The first kappa shape index (κ1) is 15.7. The second-order valence-electron chi connectivity index (χ2n) is 4.07. The lowest BCUT2D eigenvalue weighted by molar-refractivity contribution is -0.392. The number of hydrogen-bond donors (Lipinski definition) is 1. The molecule has 8 nitrogen and oxygen atoms in total. The van der Waals surface area contributed by atoms with E-state index in [2.05, 4.69) is 5.10 Å². The number of sulfonamides is 1. The van der Waals surface area contributed by atoms with Gasteiger partial charge < -0.3 is 10.1 Å². The Bertz CT molecular complexity index is 818. The molecule has 0 aliphatic carbocycles. The van der Waals surface area contributed by atoms with E-state index in [-0.39, 0.29) is 6.54 Å². The molecule has 0 unspecified atom stereocenters. The van der Waals surface area contributed by atoms with E-state index < -0.39 is 25.7 Å². The smallest absolute Gasteiger partial charge is 0.358 e. The molecule has 0 aliphatic rings. The lowest BCUT2D eigenvalue weighted by Crippen LogP contribution is -2.13. The molecule has 0 aliphatic heterocycles. The summed E-state index contributed by atoms with van der Waals surface area (Å²) in [6.07, 6.45) is 0.996. The van der Waals surface area contributed by atoms with Crippen LogP contribution in [0.1, 0.15) is 5.56 Å². The zero-order chi connectivity index (χ0) is 15.8. The summed E-state index contributed by atoms with van der Waals surface area (Å²) in [6, 6.07) is 4.74. The molecule has 1 aromatic carbocycles. The fourth-order valence-electron chi connectivity index (χ4n) is 1.63. The maximum absolute atomic E-state index is 11.3. The summed E-state index contributed by atoms with van der Waals surface area (Å²) < 4.78 is 23.7. The molecule has 0 radical (unpaired) electrons. The van der Waals surface area contributed by atoms with Gasteiger partial charge in [0.25, 0.3) is 0 Å². The van der Waals surface area contributed by atoms with E-state index >= 15 is 0 Å². The second kappa shape index (κ2) is 5.60. The highest BCUT2D eigenvalue weighted by atomic mass is 35.5. The molecular weight excluding hydrogens is 343 g/mol. The van der Waals surface area contributed by atoms with E-state index in [0.717, 1.165) is 10.9 Å². The van der Waals surface area contributed by atoms with E-state index in [9.17, 15) is 18.5 Å². The van der Waals surface area contributed by atoms with Crippen LogP contribution in [0.4, 0.5) is 5.82 Å². The van der Waals surface area contributed by atoms with Gasteiger partial charge in [0.1, 0.15) is 0 Å². The number of rotatable bonds is 4. The first-order chi connectivity index (χ1) is 9.68. The molecule has 0 spiro atoms. The number of primary sulfonamides is 1. The normalized spacial score (nSPS) is 11.6. The van der Waals surface area contributed by atoms with Crippen LogP contribution in [0.2, 0.25) is 10.0 Å². The van der Waals surface area contributed by atoms with Gasteiger partial charge in [-0.05, 0) is 22.6 Å². The molecule has 2 aromatic rings. The van der Waals surface area contributed by atoms with Crippen molar-refractivity contribution in [3.05, 3.63) is 50.1 Å². The van der Waals surface area contributed by atoms with Crippen molar-refractivity contribution in [2.75, 3.05) is 0 Å². The lowest BCUT2D eigenvalue weighted by atomic mass is 10.2. The molecule has 0 saturated heterocycles. The standard InChI is InChI=1S/C10H8Cl2N4O4S/c11-7-2-1-6(3-8(7)12)4-15-5-9(21(13,19)20)10(14-15)16(17)18/h1-3,5H,4H2,(H2,13,19,20). The number of nitrogens with two attached hydrogens (primary N) is 1. The van der Waals surface area contributed by atoms with Gasteiger partial charge in [-0.2, -0.15) is 4.68 Å². The quantitative estimate of drug-likeness (QED) is 0.665. The Morgan fingerprint density at radius 2 is 2.00 bits per heavy atom. The number of nitrogens with zero attached hydrogens (tertiary/aromatic N) is 3. The third-order valence-electron chi connectivity index (χ3n) is 2.52. The van der Waals surface area contributed by atoms with Crippen molar-refractivity contribution in [2.24, 2.45) is 5.14 Å². The Kier molecular flexibility index (Phi) is 4.19. The third kappa shape index (κ3) is 3.50. The van der Waals surface area contributed by atoms with Crippen molar-refractivity contribution in [3.8, 4) is 0 Å². The van der Waals surface area contributed by atoms with E-state index in [1.807, 2.05) is 0 Å². The van der Waals surface area contributed by atoms with Gasteiger partial charge in [-0.25, -0.2) is 13.6 Å². The minimum Gasteiger partial charge on any atom is -0.358 e. The van der Waals surface area contributed by atoms with E-state index in [1.165, 1.54) is 0 Å². The molecule has 2 rings (SSSR count). The highest BCUT2D eigenvalue weighted by Crippen LogP contribution is 2.24. The fraction of sp³-hybridized carbons (Fsp3) is 0.100. The van der Waals surface area contributed by atoms with Crippen molar-refractivity contribution in [1.29, 1.82) is 0 Å². The zero-order valence-corrected chi connectivity index (χ0v) is 12.6. The highest BCUT2D eigenvalue weighted by Gasteiger charge is 2.28. The Morgan fingerprint density at radius 1 is 1.33 bits per heavy atom. The molecule has 0 fully saturated rings. The van der Waals surface area contributed by atoms with Crippen LogP contribution >= 0.6 is 23.2 Å². The Hall–Kier alpha value is -1.68. The summed E-state index contributed by atoms with van der Waals surface area (Å²) in [5, 5.41) is 20.0. The number of hydrogen-bond acceptors (Lipinski definition) is 5. The Balaban J connectivity index is 2.41. The first-order valence-electron chi connectivity index (χ1n) is 5.37. The maximum Gasteiger partial charge on any atom is 0.410 e. The molecule has 0 bridgehead atoms. The molecule has 0 atom stereocenters. The summed E-state index contributed by atoms with van der Waals surface area (Å²) in [7, 11) is -4.24. The second-order valence-corrected chi connectivity index (χ2v) is 6.41. The molecule has 21 heavy (non-hydrogen) atoms. The van der Waals surface area contributed by atoms with Gasteiger partial charge >= 0.3 is 5.82 Å². The minimum absolute atomic E-state index is 0.0766. The van der Waals surface area contributed by atoms with Crippen LogP contribution in [0.3, 0.4) is 0 Å². The molecule has 0 saturated carbocycles. The largest absolute Gasteiger partial charge is 0.410 e. The van der Waals surface area contributed by atoms with Crippen LogP contribution in [0, 0.1) is 10.1 Å². The van der Waals surface area contributed by atoms with Crippen LogP contribution in [-0.4, -0.2) is 23.1 Å². The van der Waals surface area contributed by atoms with Crippen LogP contribution in [0.5, 0.6) is 0 Å². The fourth-order valence-corrected chi connectivity index (χ4v) is 2.59. The van der Waals surface area contributed by atoms with Crippen molar-refractivity contribution in [2.45, 2.75) is 11.4 Å². The number of benzene rings is 1. The molecular formula is C10H8Cl2N4O4S. The molecule has 2 N–H and O–H groups in total. The lowest BCUT2D eigenvalue weighted by Gasteiger charge is -2.00. The van der Waals surface area contributed by atoms with Crippen molar-refractivity contribution in [3.63, 3.8) is 0 Å². The minimum atomic E-state index is -4.24. The monoisotopic (exact) mass is 350 g/mol. The van der Waals surface area contributed by atoms with Gasteiger partial charge in [-0.3, -0.25) is 0 Å². The van der Waals surface area contributed by atoms with Gasteiger partial charge in [0.15, 0.2) is 0 Å². The summed E-state index contributed by atoms with van der Waals surface area (Å²) in [4.78, 5) is 9.25. The summed E-state index contributed by atoms with van der Waals surface area (Å²) in [5.74, 6) is -0.822. The topological polar surface area (TPSA) is 121 Å². The summed E-state index contributed by atoms with van der Waals surface area (Å²) in [5.41, 5.74) is 0.641. The third-order valence-corrected chi connectivity index (χ3v) is 4.16. The Labute approximate surface area is 129 Å². The predicted molar refractivity (Wildman–Crippen MR) is 75.8 cm³/mol. The van der Waals surface area contributed by atoms with Crippen LogP contribution in [0.15, 0.2) is 29.3 Å². The van der Waals surface area contributed by atoms with Crippen LogP contribution < -0.4 is 5.14 Å². The van der Waals surface area contributed by atoms with Gasteiger partial charge in [-0.1, -0.05) is 29.3 Å². The molecule has 1 heterocycles. The highest BCUT2D eigenvalue weighted by molar-refractivity contribution is 7.89. The van der Waals surface area contributed by atoms with E-state index in [1.54, 1.807) is 18.2 Å². The summed E-state index contributed by atoms with van der Waals surface area (Å²) in [6.45, 7) is 0.0766. The molecule has 1 aromatic heterocycles. The average Bonchev–Trinajstić information content (AvgIpc) is 2.78. The number of nitro groups is 1. The molecule has 11 heteroatoms. The van der Waals surface area contributed by atoms with Gasteiger partial charge in [0, 0.05) is 0 Å². The van der Waals surface area contributed by atoms with Crippen molar-refractivity contribution < 1.29 is 13.3 Å². The Morgan fingerprint density at radius 3 is 2.48 bits per heavy atom. The maximum atomic E-state index is 11.3. The number of aromatic nitrogens is 2. The van der Waals surface area contributed by atoms with Crippen molar-refractivity contribution >= 4 is 39.0 Å². The van der Waals surface area contributed by atoms with Gasteiger partial charge in [0.05, 0.1) is 27.9 Å². The number of halogens is 2. The first-order valence-corrected chi connectivity index (χ1v) is 7.67. The molecule has 112 valence electrons. The summed E-state index contributed by atoms with van der Waals surface area (Å²) >= 11 is 11.6. The van der Waals surface area contributed by atoms with Gasteiger partial charge in [-0.15, -0.1) is 0 Å². The van der Waals surface area contributed by atoms with Gasteiger partial charge in [0.2, 0.25) is 14.9 Å². The van der Waals surface area contributed by atoms with E-state index in [0.29, 0.717) is 15.6 Å². The van der Waals surface area contributed by atoms with E-state index in [4.69, 9.17) is 28.3 Å². The van der Waals surface area contributed by atoms with Crippen LogP contribution in [0.25, 0.3) is 0 Å². The average molecular weight is 351 g/mol. The van der Waals surface area contributed by atoms with Crippen LogP contribution in [-0.2, 0) is 16.6 Å². The van der Waals surface area contributed by atoms with Crippen molar-refractivity contribution in [1.82, 2.24) is 9.78 Å².